The average Bonchev–Trinajstić information content (AvgIpc) is 2.59. The Bertz CT molecular complexity index is 834. The highest BCUT2D eigenvalue weighted by molar-refractivity contribution is 6.04. The van der Waals surface area contributed by atoms with E-state index in [-0.39, 0.29) is 23.6 Å². The topological polar surface area (TPSA) is 55.4 Å². The fraction of sp³-hybridized carbons (Fsp3) is 0.455. The number of allylic oxidation sites excluding steroid dienone is 3. The molecule has 0 saturated heterocycles. The first kappa shape index (κ1) is 19.3. The summed E-state index contributed by atoms with van der Waals surface area (Å²) in [6.07, 6.45) is 1.76. The number of carbonyl (C=O) groups is 2. The van der Waals surface area contributed by atoms with Crippen LogP contribution in [0.4, 0.5) is 4.39 Å². The summed E-state index contributed by atoms with van der Waals surface area (Å²) in [6.45, 7) is 8.11. The highest BCUT2D eigenvalue weighted by atomic mass is 19.1. The number of carbonyl (C=O) groups excluding carboxylic acids is 2. The number of benzene rings is 1. The predicted octanol–water partition coefficient (Wildman–Crippen LogP) is 4.38. The normalized spacial score (nSPS) is 21.7. The van der Waals surface area contributed by atoms with Crippen molar-refractivity contribution in [2.75, 3.05) is 6.61 Å². The number of esters is 1. The van der Waals surface area contributed by atoms with E-state index in [2.05, 4.69) is 19.2 Å². The van der Waals surface area contributed by atoms with Gasteiger partial charge in [0.25, 0.3) is 0 Å². The van der Waals surface area contributed by atoms with Crippen LogP contribution in [0.5, 0.6) is 0 Å². The second-order valence-corrected chi connectivity index (χ2v) is 7.91. The summed E-state index contributed by atoms with van der Waals surface area (Å²) in [6, 6.07) is 6.03. The van der Waals surface area contributed by atoms with Crippen LogP contribution < -0.4 is 5.32 Å². The largest absolute Gasteiger partial charge is 0.463 e. The summed E-state index contributed by atoms with van der Waals surface area (Å²) in [5, 5.41) is 3.36. The minimum absolute atomic E-state index is 0.0278. The fourth-order valence-corrected chi connectivity index (χ4v) is 4.07. The average molecular weight is 371 g/mol. The van der Waals surface area contributed by atoms with Crippen LogP contribution >= 0.6 is 0 Å². The standard InChI is InChI=1S/C22H26FNO3/c1-5-15-20(21(26)27-6-2)18(13-7-9-14(23)10-8-13)19-16(24-15)11-22(3,4)12-17(19)25/h7-10,18,24H,5-6,11-12H2,1-4H3. The van der Waals surface area contributed by atoms with E-state index >= 15 is 0 Å². The van der Waals surface area contributed by atoms with Crippen molar-refractivity contribution >= 4 is 11.8 Å². The fourth-order valence-electron chi connectivity index (χ4n) is 4.07. The van der Waals surface area contributed by atoms with Gasteiger partial charge in [-0.3, -0.25) is 4.79 Å². The molecule has 27 heavy (non-hydrogen) atoms. The van der Waals surface area contributed by atoms with E-state index in [0.29, 0.717) is 24.0 Å². The summed E-state index contributed by atoms with van der Waals surface area (Å²) in [4.78, 5) is 25.9. The van der Waals surface area contributed by atoms with Crippen molar-refractivity contribution in [1.29, 1.82) is 0 Å². The van der Waals surface area contributed by atoms with Crippen molar-refractivity contribution in [2.24, 2.45) is 5.41 Å². The van der Waals surface area contributed by atoms with Gasteiger partial charge in [0.15, 0.2) is 5.78 Å². The number of nitrogens with one attached hydrogen (secondary N) is 1. The van der Waals surface area contributed by atoms with Crippen LogP contribution in [0.2, 0.25) is 0 Å². The Labute approximate surface area is 159 Å². The van der Waals surface area contributed by atoms with E-state index in [1.165, 1.54) is 12.1 Å². The second-order valence-electron chi connectivity index (χ2n) is 7.91. The second kappa shape index (κ2) is 7.29. The maximum absolute atomic E-state index is 13.5. The molecule has 0 fully saturated rings. The summed E-state index contributed by atoms with van der Waals surface area (Å²) in [7, 11) is 0. The molecule has 1 aromatic rings. The Hall–Kier alpha value is -2.43. The first-order chi connectivity index (χ1) is 12.8. The third kappa shape index (κ3) is 3.68. The molecule has 1 unspecified atom stereocenters. The van der Waals surface area contributed by atoms with Crippen LogP contribution in [-0.4, -0.2) is 18.4 Å². The molecule has 144 valence electrons. The smallest absolute Gasteiger partial charge is 0.336 e. The van der Waals surface area contributed by atoms with Gasteiger partial charge in [-0.25, -0.2) is 9.18 Å². The number of ether oxygens (including phenoxy) is 1. The quantitative estimate of drug-likeness (QED) is 0.798. The van der Waals surface area contributed by atoms with Crippen LogP contribution in [0.15, 0.2) is 46.8 Å². The lowest BCUT2D eigenvalue weighted by atomic mass is 9.68. The first-order valence-corrected chi connectivity index (χ1v) is 9.46. The van der Waals surface area contributed by atoms with Gasteiger partial charge in [-0.1, -0.05) is 32.9 Å². The number of hydrogen-bond donors (Lipinski definition) is 1. The van der Waals surface area contributed by atoms with E-state index < -0.39 is 11.9 Å². The van der Waals surface area contributed by atoms with Crippen molar-refractivity contribution < 1.29 is 18.7 Å². The maximum atomic E-state index is 13.5. The van der Waals surface area contributed by atoms with E-state index in [1.807, 2.05) is 6.92 Å². The highest BCUT2D eigenvalue weighted by Crippen LogP contribution is 2.47. The molecule has 1 N–H and O–H groups in total. The van der Waals surface area contributed by atoms with Gasteiger partial charge in [-0.05, 0) is 42.9 Å². The van der Waals surface area contributed by atoms with Gasteiger partial charge < -0.3 is 10.1 Å². The van der Waals surface area contributed by atoms with Crippen LogP contribution in [0.25, 0.3) is 0 Å². The zero-order valence-electron chi connectivity index (χ0n) is 16.3. The highest BCUT2D eigenvalue weighted by Gasteiger charge is 2.43. The molecular weight excluding hydrogens is 345 g/mol. The number of Topliss-reactive ketones (excluding diaryl/α,β-unsaturated/α-hetero) is 1. The van der Waals surface area contributed by atoms with Crippen molar-refractivity contribution in [3.63, 3.8) is 0 Å². The Morgan fingerprint density at radius 1 is 1.22 bits per heavy atom. The summed E-state index contributed by atoms with van der Waals surface area (Å²) in [5.41, 5.74) is 3.30. The number of rotatable bonds is 4. The van der Waals surface area contributed by atoms with E-state index in [4.69, 9.17) is 4.74 Å². The Morgan fingerprint density at radius 2 is 1.89 bits per heavy atom. The van der Waals surface area contributed by atoms with Gasteiger partial charge >= 0.3 is 5.97 Å². The molecule has 0 bridgehead atoms. The molecule has 0 radical (unpaired) electrons. The molecular formula is C22H26FNO3. The molecule has 0 spiro atoms. The Morgan fingerprint density at radius 3 is 2.48 bits per heavy atom. The molecule has 1 aromatic carbocycles. The van der Waals surface area contributed by atoms with Crippen LogP contribution in [0.3, 0.4) is 0 Å². The van der Waals surface area contributed by atoms with Crippen molar-refractivity contribution in [3.05, 3.63) is 58.2 Å². The third-order valence-corrected chi connectivity index (χ3v) is 5.18. The molecule has 2 aliphatic rings. The van der Waals surface area contributed by atoms with Gasteiger partial charge in [-0.2, -0.15) is 0 Å². The Kier molecular flexibility index (Phi) is 5.22. The van der Waals surface area contributed by atoms with Crippen molar-refractivity contribution in [1.82, 2.24) is 5.32 Å². The van der Waals surface area contributed by atoms with Gasteiger partial charge in [-0.15, -0.1) is 0 Å². The van der Waals surface area contributed by atoms with Gasteiger partial charge in [0, 0.05) is 29.3 Å². The Balaban J connectivity index is 2.20. The molecule has 3 rings (SSSR count). The van der Waals surface area contributed by atoms with Crippen molar-refractivity contribution in [3.8, 4) is 0 Å². The predicted molar refractivity (Wildman–Crippen MR) is 101 cm³/mol. The van der Waals surface area contributed by atoms with Gasteiger partial charge in [0.05, 0.1) is 12.2 Å². The number of halogens is 1. The van der Waals surface area contributed by atoms with Crippen LogP contribution in [-0.2, 0) is 14.3 Å². The zero-order chi connectivity index (χ0) is 19.8. The molecule has 0 saturated carbocycles. The lowest BCUT2D eigenvalue weighted by Gasteiger charge is -2.40. The molecule has 0 amide bonds. The molecule has 4 nitrogen and oxygen atoms in total. The monoisotopic (exact) mass is 371 g/mol. The van der Waals surface area contributed by atoms with Crippen LogP contribution in [0.1, 0.15) is 58.4 Å². The zero-order valence-corrected chi connectivity index (χ0v) is 16.3. The van der Waals surface area contributed by atoms with E-state index in [0.717, 1.165) is 23.4 Å². The third-order valence-electron chi connectivity index (χ3n) is 5.18. The molecule has 1 aliphatic heterocycles. The first-order valence-electron chi connectivity index (χ1n) is 9.46. The molecule has 0 aromatic heterocycles. The summed E-state index contributed by atoms with van der Waals surface area (Å²) in [5.74, 6) is -1.28. The molecule has 1 aliphatic carbocycles. The molecule has 1 heterocycles. The van der Waals surface area contributed by atoms with E-state index in [1.54, 1.807) is 19.1 Å². The number of dihydropyridines is 1. The SMILES string of the molecule is CCOC(=O)C1=C(CC)NC2=C(C(=O)CC(C)(C)C2)C1c1ccc(F)cc1. The maximum Gasteiger partial charge on any atom is 0.336 e. The van der Waals surface area contributed by atoms with E-state index in [9.17, 15) is 14.0 Å². The number of hydrogen-bond acceptors (Lipinski definition) is 4. The lowest BCUT2D eigenvalue weighted by Crippen LogP contribution is -2.39. The minimum Gasteiger partial charge on any atom is -0.463 e. The summed E-state index contributed by atoms with van der Waals surface area (Å²) < 4.78 is 18.8. The summed E-state index contributed by atoms with van der Waals surface area (Å²) >= 11 is 0. The number of ketones is 1. The minimum atomic E-state index is -0.528. The molecule has 1 atom stereocenters. The lowest BCUT2D eigenvalue weighted by molar-refractivity contribution is -0.138. The van der Waals surface area contributed by atoms with Crippen molar-refractivity contribution in [2.45, 2.75) is 52.9 Å². The van der Waals surface area contributed by atoms with Gasteiger partial charge in [0.2, 0.25) is 0 Å². The van der Waals surface area contributed by atoms with Crippen LogP contribution in [0, 0.1) is 11.2 Å². The van der Waals surface area contributed by atoms with Gasteiger partial charge in [0.1, 0.15) is 5.82 Å². The molecule has 5 heteroatoms.